The Kier molecular flexibility index (Phi) is 5.96. The van der Waals surface area contributed by atoms with Gasteiger partial charge in [-0.3, -0.25) is 0 Å². The molecule has 7 nitrogen and oxygen atoms in total. The molecule has 2 aromatic rings. The largest absolute Gasteiger partial charge is 0.444 e. The SMILES string of the molecule is CC(C)(C)OC(=O)N1CCCC(Nc2nc(Nc3ccccc3)ncc2F)C1. The Morgan fingerprint density at radius 1 is 1.29 bits per heavy atom. The van der Waals surface area contributed by atoms with Gasteiger partial charge in [0.15, 0.2) is 11.6 Å². The van der Waals surface area contributed by atoms with Crippen LogP contribution in [0.15, 0.2) is 36.5 Å². The van der Waals surface area contributed by atoms with Crippen LogP contribution < -0.4 is 10.6 Å². The molecule has 1 aliphatic heterocycles. The summed E-state index contributed by atoms with van der Waals surface area (Å²) in [5.74, 6) is -0.118. The summed E-state index contributed by atoms with van der Waals surface area (Å²) in [6.07, 6.45) is 2.39. The number of rotatable bonds is 4. The lowest BCUT2D eigenvalue weighted by molar-refractivity contribution is 0.0206. The maximum absolute atomic E-state index is 14.2. The van der Waals surface area contributed by atoms with Gasteiger partial charge in [0.1, 0.15) is 5.60 Å². The van der Waals surface area contributed by atoms with E-state index < -0.39 is 11.4 Å². The number of halogens is 1. The minimum Gasteiger partial charge on any atom is -0.444 e. The first-order chi connectivity index (χ1) is 13.3. The fourth-order valence-electron chi connectivity index (χ4n) is 2.96. The maximum Gasteiger partial charge on any atom is 0.410 e. The second-order valence-electron chi connectivity index (χ2n) is 7.79. The summed E-state index contributed by atoms with van der Waals surface area (Å²) in [4.78, 5) is 22.2. The van der Waals surface area contributed by atoms with Crippen LogP contribution in [0.2, 0.25) is 0 Å². The molecule has 0 saturated carbocycles. The van der Waals surface area contributed by atoms with Crippen molar-refractivity contribution in [2.45, 2.75) is 45.3 Å². The molecule has 8 heteroatoms. The highest BCUT2D eigenvalue weighted by molar-refractivity contribution is 5.68. The number of nitrogens with zero attached hydrogens (tertiary/aromatic N) is 3. The number of likely N-dealkylation sites (tertiary alicyclic amines) is 1. The monoisotopic (exact) mass is 387 g/mol. The molecular formula is C20H26FN5O2. The highest BCUT2D eigenvalue weighted by atomic mass is 19.1. The van der Waals surface area contributed by atoms with Crippen molar-refractivity contribution in [2.24, 2.45) is 0 Å². The smallest absolute Gasteiger partial charge is 0.410 e. The Balaban J connectivity index is 1.65. The number of hydrogen-bond donors (Lipinski definition) is 2. The van der Waals surface area contributed by atoms with E-state index in [-0.39, 0.29) is 18.0 Å². The molecule has 150 valence electrons. The molecule has 1 saturated heterocycles. The Bertz CT molecular complexity index is 810. The lowest BCUT2D eigenvalue weighted by atomic mass is 10.1. The summed E-state index contributed by atoms with van der Waals surface area (Å²) in [7, 11) is 0. The quantitative estimate of drug-likeness (QED) is 0.820. The number of ether oxygens (including phenoxy) is 1. The third-order valence-corrected chi connectivity index (χ3v) is 4.19. The molecule has 1 aromatic carbocycles. The number of carbonyl (C=O) groups is 1. The Hall–Kier alpha value is -2.90. The van der Waals surface area contributed by atoms with Crippen molar-refractivity contribution >= 4 is 23.5 Å². The molecule has 1 aliphatic rings. The van der Waals surface area contributed by atoms with Gasteiger partial charge in [-0.15, -0.1) is 0 Å². The molecule has 2 heterocycles. The molecule has 1 atom stereocenters. The average Bonchev–Trinajstić information content (AvgIpc) is 2.64. The summed E-state index contributed by atoms with van der Waals surface area (Å²) in [5, 5.41) is 6.16. The molecule has 0 spiro atoms. The van der Waals surface area contributed by atoms with Gasteiger partial charge >= 0.3 is 6.09 Å². The zero-order chi connectivity index (χ0) is 20.1. The van der Waals surface area contributed by atoms with E-state index in [2.05, 4.69) is 20.6 Å². The summed E-state index contributed by atoms with van der Waals surface area (Å²) in [6, 6.07) is 9.31. The van der Waals surface area contributed by atoms with E-state index in [1.165, 1.54) is 0 Å². The van der Waals surface area contributed by atoms with Crippen LogP contribution in [0.4, 0.5) is 26.6 Å². The fourth-order valence-corrected chi connectivity index (χ4v) is 2.96. The first-order valence-electron chi connectivity index (χ1n) is 9.39. The van der Waals surface area contributed by atoms with Crippen LogP contribution in [0.25, 0.3) is 0 Å². The van der Waals surface area contributed by atoms with Gasteiger partial charge in [-0.1, -0.05) is 18.2 Å². The molecule has 0 radical (unpaired) electrons. The molecule has 28 heavy (non-hydrogen) atoms. The molecule has 1 unspecified atom stereocenters. The number of hydrogen-bond acceptors (Lipinski definition) is 6. The van der Waals surface area contributed by atoms with E-state index in [1.54, 1.807) is 4.90 Å². The van der Waals surface area contributed by atoms with Crippen molar-refractivity contribution in [3.05, 3.63) is 42.3 Å². The topological polar surface area (TPSA) is 79.4 Å². The summed E-state index contributed by atoms with van der Waals surface area (Å²) in [5.41, 5.74) is 0.266. The first kappa shape index (κ1) is 19.9. The molecule has 3 rings (SSSR count). The van der Waals surface area contributed by atoms with Crippen LogP contribution in [-0.2, 0) is 4.74 Å². The van der Waals surface area contributed by atoms with Gasteiger partial charge in [-0.2, -0.15) is 4.98 Å². The Morgan fingerprint density at radius 2 is 2.04 bits per heavy atom. The van der Waals surface area contributed by atoms with Gasteiger partial charge in [-0.25, -0.2) is 14.2 Å². The average molecular weight is 387 g/mol. The van der Waals surface area contributed by atoms with Crippen molar-refractivity contribution in [1.82, 2.24) is 14.9 Å². The number of nitrogens with one attached hydrogen (secondary N) is 2. The number of carbonyl (C=O) groups excluding carboxylic acids is 1. The number of benzene rings is 1. The van der Waals surface area contributed by atoms with E-state index in [0.29, 0.717) is 19.0 Å². The Labute approximate surface area is 164 Å². The maximum atomic E-state index is 14.2. The van der Waals surface area contributed by atoms with E-state index in [9.17, 15) is 9.18 Å². The highest BCUT2D eigenvalue weighted by Gasteiger charge is 2.28. The second kappa shape index (κ2) is 8.41. The predicted octanol–water partition coefficient (Wildman–Crippen LogP) is 4.17. The fraction of sp³-hybridized carbons (Fsp3) is 0.450. The van der Waals surface area contributed by atoms with Gasteiger partial charge in [0, 0.05) is 24.8 Å². The van der Waals surface area contributed by atoms with Gasteiger partial charge in [0.05, 0.1) is 6.20 Å². The minimum atomic E-state index is -0.547. The molecule has 0 bridgehead atoms. The highest BCUT2D eigenvalue weighted by Crippen LogP contribution is 2.21. The second-order valence-corrected chi connectivity index (χ2v) is 7.79. The number of amides is 1. The van der Waals surface area contributed by atoms with Crippen molar-refractivity contribution < 1.29 is 13.9 Å². The van der Waals surface area contributed by atoms with E-state index in [4.69, 9.17) is 4.74 Å². The third kappa shape index (κ3) is 5.55. The summed E-state index contributed by atoms with van der Waals surface area (Å²) < 4.78 is 19.7. The Morgan fingerprint density at radius 3 is 2.75 bits per heavy atom. The molecular weight excluding hydrogens is 361 g/mol. The van der Waals surface area contributed by atoms with Crippen molar-refractivity contribution in [2.75, 3.05) is 23.7 Å². The lowest BCUT2D eigenvalue weighted by Gasteiger charge is -2.34. The molecule has 1 aromatic heterocycles. The van der Waals surface area contributed by atoms with Crippen molar-refractivity contribution in [3.63, 3.8) is 0 Å². The lowest BCUT2D eigenvalue weighted by Crippen LogP contribution is -2.47. The number of aromatic nitrogens is 2. The first-order valence-corrected chi connectivity index (χ1v) is 9.39. The van der Waals surface area contributed by atoms with Crippen LogP contribution in [0.3, 0.4) is 0 Å². The van der Waals surface area contributed by atoms with Gasteiger partial charge in [0.2, 0.25) is 5.95 Å². The number of para-hydroxylation sites is 1. The van der Waals surface area contributed by atoms with Crippen LogP contribution in [0.1, 0.15) is 33.6 Å². The normalized spacial score (nSPS) is 17.1. The van der Waals surface area contributed by atoms with Crippen LogP contribution in [0, 0.1) is 5.82 Å². The van der Waals surface area contributed by atoms with Crippen LogP contribution in [-0.4, -0.2) is 45.7 Å². The molecule has 1 fully saturated rings. The van der Waals surface area contributed by atoms with E-state index in [0.717, 1.165) is 24.7 Å². The molecule has 1 amide bonds. The molecule has 0 aliphatic carbocycles. The van der Waals surface area contributed by atoms with Crippen LogP contribution >= 0.6 is 0 Å². The zero-order valence-electron chi connectivity index (χ0n) is 16.4. The minimum absolute atomic E-state index is 0.115. The van der Waals surface area contributed by atoms with E-state index in [1.807, 2.05) is 51.1 Å². The number of piperidine rings is 1. The molecule has 2 N–H and O–H groups in total. The van der Waals surface area contributed by atoms with Crippen LogP contribution in [0.5, 0.6) is 0 Å². The third-order valence-electron chi connectivity index (χ3n) is 4.19. The van der Waals surface area contributed by atoms with Crippen molar-refractivity contribution in [3.8, 4) is 0 Å². The van der Waals surface area contributed by atoms with Gasteiger partial charge in [0.25, 0.3) is 0 Å². The summed E-state index contributed by atoms with van der Waals surface area (Å²) in [6.45, 7) is 6.56. The van der Waals surface area contributed by atoms with E-state index >= 15 is 0 Å². The van der Waals surface area contributed by atoms with Crippen molar-refractivity contribution in [1.29, 1.82) is 0 Å². The number of anilines is 3. The summed E-state index contributed by atoms with van der Waals surface area (Å²) >= 11 is 0. The zero-order valence-corrected chi connectivity index (χ0v) is 16.4. The predicted molar refractivity (Wildman–Crippen MR) is 106 cm³/mol. The van der Waals surface area contributed by atoms with Gasteiger partial charge < -0.3 is 20.3 Å². The van der Waals surface area contributed by atoms with Gasteiger partial charge in [-0.05, 0) is 45.7 Å². The standard InChI is InChI=1S/C20H26FN5O2/c1-20(2,3)28-19(27)26-11-7-10-15(13-26)23-17-16(21)12-22-18(25-17)24-14-8-5-4-6-9-14/h4-6,8-9,12,15H,7,10-11,13H2,1-3H3,(H2,22,23,24,25).